The lowest BCUT2D eigenvalue weighted by molar-refractivity contribution is 0.0997. The molecule has 9 nitrogen and oxygen atoms in total. The Hall–Kier alpha value is -4.25. The summed E-state index contributed by atoms with van der Waals surface area (Å²) in [5.74, 6) is 0.259. The maximum atomic E-state index is 12.4. The molecule has 3 aromatic carbocycles. The van der Waals surface area contributed by atoms with Crippen LogP contribution in [0.1, 0.15) is 10.4 Å². The number of carbonyl (C=O) groups excluding carboxylic acids is 1. The van der Waals surface area contributed by atoms with Gasteiger partial charge in [0.2, 0.25) is 0 Å². The minimum absolute atomic E-state index is 0.133. The van der Waals surface area contributed by atoms with Gasteiger partial charge in [-0.05, 0) is 24.3 Å². The molecule has 0 spiro atoms. The molecule has 35 heavy (non-hydrogen) atoms. The number of rotatable bonds is 9. The van der Waals surface area contributed by atoms with E-state index in [-0.39, 0.29) is 33.4 Å². The van der Waals surface area contributed by atoms with Crippen LogP contribution in [-0.2, 0) is 0 Å². The smallest absolute Gasteiger partial charge is 0.255 e. The Morgan fingerprint density at radius 3 is 2.51 bits per heavy atom. The molecule has 4 aromatic rings. The number of nitrogens with zero attached hydrogens (tertiary/aromatic N) is 1. The Morgan fingerprint density at radius 2 is 1.86 bits per heavy atom. The number of nitrogens with two attached hydrogens (primary N) is 1. The fourth-order valence-electron chi connectivity index (χ4n) is 3.38. The molecule has 0 saturated heterocycles. The first-order valence-corrected chi connectivity index (χ1v) is 10.4. The highest BCUT2D eigenvalue weighted by Crippen LogP contribution is 2.36. The van der Waals surface area contributed by atoms with E-state index in [0.29, 0.717) is 22.4 Å². The molecule has 0 fully saturated rings. The van der Waals surface area contributed by atoms with Gasteiger partial charge in [0.15, 0.2) is 0 Å². The molecule has 0 aliphatic carbocycles. The highest BCUT2D eigenvalue weighted by molar-refractivity contribution is 6.33. The number of amides is 1. The van der Waals surface area contributed by atoms with Crippen molar-refractivity contribution in [3.63, 3.8) is 0 Å². The maximum absolute atomic E-state index is 12.4. The zero-order chi connectivity index (χ0) is 25.3. The van der Waals surface area contributed by atoms with Gasteiger partial charge in [-0.25, -0.2) is 8.78 Å². The lowest BCUT2D eigenvalue weighted by Crippen LogP contribution is -2.37. The van der Waals surface area contributed by atoms with Crippen molar-refractivity contribution in [2.24, 2.45) is 5.73 Å². The molecule has 0 bridgehead atoms. The SMILES string of the molecule is COc1cc2nccc(Oc3ccc(Nc4c(NCC(F)F)c(=O)c4=O)c(Cl)c3)c2cc1C(N)=O. The molecule has 0 unspecified atom stereocenters. The minimum Gasteiger partial charge on any atom is -0.496 e. The van der Waals surface area contributed by atoms with Crippen LogP contribution in [-0.4, -0.2) is 31.0 Å². The van der Waals surface area contributed by atoms with Crippen molar-refractivity contribution in [3.05, 3.63) is 73.6 Å². The predicted octanol–water partition coefficient (Wildman–Crippen LogP) is 3.80. The molecule has 4 rings (SSSR count). The van der Waals surface area contributed by atoms with Crippen LogP contribution in [0.3, 0.4) is 0 Å². The van der Waals surface area contributed by atoms with Gasteiger partial charge in [-0.1, -0.05) is 11.6 Å². The number of anilines is 3. The Morgan fingerprint density at radius 1 is 1.11 bits per heavy atom. The fraction of sp³-hybridized carbons (Fsp3) is 0.130. The second-order valence-corrected chi connectivity index (χ2v) is 7.70. The topological polar surface area (TPSA) is 133 Å². The van der Waals surface area contributed by atoms with E-state index < -0.39 is 29.7 Å². The average Bonchev–Trinajstić information content (AvgIpc) is 2.83. The zero-order valence-corrected chi connectivity index (χ0v) is 18.8. The molecule has 180 valence electrons. The highest BCUT2D eigenvalue weighted by Gasteiger charge is 2.22. The number of hydrogen-bond acceptors (Lipinski definition) is 8. The van der Waals surface area contributed by atoms with Gasteiger partial charge < -0.3 is 25.8 Å². The summed E-state index contributed by atoms with van der Waals surface area (Å²) >= 11 is 6.31. The number of fused-ring (bicyclic) bond motifs is 1. The molecule has 1 aromatic heterocycles. The Kier molecular flexibility index (Phi) is 6.52. The Labute approximate surface area is 201 Å². The van der Waals surface area contributed by atoms with Crippen LogP contribution in [0.15, 0.2) is 52.2 Å². The summed E-state index contributed by atoms with van der Waals surface area (Å²) in [5.41, 5.74) is 4.24. The Bertz CT molecular complexity index is 1520. The van der Waals surface area contributed by atoms with Crippen molar-refractivity contribution in [2.75, 3.05) is 24.3 Å². The summed E-state index contributed by atoms with van der Waals surface area (Å²) in [6.45, 7) is -0.775. The number of alkyl halides is 2. The molecule has 4 N–H and O–H groups in total. The van der Waals surface area contributed by atoms with Crippen LogP contribution in [0.4, 0.5) is 25.8 Å². The van der Waals surface area contributed by atoms with E-state index in [1.807, 2.05) is 0 Å². The van der Waals surface area contributed by atoms with E-state index in [2.05, 4.69) is 15.6 Å². The summed E-state index contributed by atoms with van der Waals surface area (Å²) in [7, 11) is 1.41. The predicted molar refractivity (Wildman–Crippen MR) is 127 cm³/mol. The second kappa shape index (κ2) is 9.55. The normalized spacial score (nSPS) is 11.1. The molecule has 0 aliphatic rings. The van der Waals surface area contributed by atoms with Crippen molar-refractivity contribution in [2.45, 2.75) is 6.43 Å². The van der Waals surface area contributed by atoms with Crippen LogP contribution in [0.2, 0.25) is 5.02 Å². The van der Waals surface area contributed by atoms with E-state index in [9.17, 15) is 23.2 Å². The van der Waals surface area contributed by atoms with Crippen molar-refractivity contribution < 1.29 is 23.0 Å². The molecule has 1 heterocycles. The number of hydrogen-bond donors (Lipinski definition) is 3. The summed E-state index contributed by atoms with van der Waals surface area (Å²) in [6.07, 6.45) is -1.19. The number of halogens is 3. The quantitative estimate of drug-likeness (QED) is 0.294. The van der Waals surface area contributed by atoms with Crippen molar-refractivity contribution in [1.82, 2.24) is 4.98 Å². The average molecular weight is 503 g/mol. The third-order valence-corrected chi connectivity index (χ3v) is 5.37. The summed E-state index contributed by atoms with van der Waals surface area (Å²) in [5, 5.41) is 5.58. The van der Waals surface area contributed by atoms with Crippen molar-refractivity contribution in [3.8, 4) is 17.2 Å². The van der Waals surface area contributed by atoms with E-state index in [1.165, 1.54) is 37.6 Å². The first-order valence-electron chi connectivity index (χ1n) is 10.1. The molecular weight excluding hydrogens is 486 g/mol. The van der Waals surface area contributed by atoms with Gasteiger partial charge in [-0.2, -0.15) is 0 Å². The molecule has 1 amide bonds. The number of carbonyl (C=O) groups is 1. The number of pyridine rings is 1. The van der Waals surface area contributed by atoms with Crippen molar-refractivity contribution >= 4 is 45.5 Å². The lowest BCUT2D eigenvalue weighted by Gasteiger charge is -2.16. The van der Waals surface area contributed by atoms with Crippen LogP contribution in [0, 0.1) is 0 Å². The monoisotopic (exact) mass is 502 g/mol. The first kappa shape index (κ1) is 23.9. The minimum atomic E-state index is -2.70. The van der Waals surface area contributed by atoms with Gasteiger partial charge in [-0.15, -0.1) is 0 Å². The van der Waals surface area contributed by atoms with Gasteiger partial charge in [0.05, 0.1) is 35.4 Å². The third-order valence-electron chi connectivity index (χ3n) is 5.06. The summed E-state index contributed by atoms with van der Waals surface area (Å²) < 4.78 is 36.0. The standard InChI is InChI=1S/C23H17ClF2N4O5/c1-34-17-8-15-11(7-12(17)23(27)33)16(4-5-28-15)35-10-2-3-14(13(24)6-10)30-20-19(21(31)22(20)32)29-9-18(25)26/h2-8,18,29-30H,9H2,1H3,(H2,27,33). The number of nitrogens with one attached hydrogen (secondary N) is 2. The lowest BCUT2D eigenvalue weighted by atomic mass is 10.1. The van der Waals surface area contributed by atoms with Crippen LogP contribution in [0.5, 0.6) is 17.2 Å². The molecule has 0 atom stereocenters. The molecular formula is C23H17ClF2N4O5. The van der Waals surface area contributed by atoms with Gasteiger partial charge in [0.25, 0.3) is 23.2 Å². The first-order chi connectivity index (χ1) is 16.7. The van der Waals surface area contributed by atoms with Gasteiger partial charge >= 0.3 is 0 Å². The molecule has 12 heteroatoms. The van der Waals surface area contributed by atoms with Gasteiger partial charge in [0.1, 0.15) is 28.6 Å². The second-order valence-electron chi connectivity index (χ2n) is 7.29. The number of ether oxygens (including phenoxy) is 2. The number of methoxy groups -OCH3 is 1. The molecule has 0 radical (unpaired) electrons. The highest BCUT2D eigenvalue weighted by atomic mass is 35.5. The van der Waals surface area contributed by atoms with E-state index >= 15 is 0 Å². The van der Waals surface area contributed by atoms with Crippen LogP contribution in [0.25, 0.3) is 10.9 Å². The van der Waals surface area contributed by atoms with E-state index in [0.717, 1.165) is 0 Å². The van der Waals surface area contributed by atoms with Gasteiger partial charge in [-0.3, -0.25) is 19.4 Å². The number of benzene rings is 2. The molecule has 0 saturated carbocycles. The van der Waals surface area contributed by atoms with E-state index in [1.54, 1.807) is 12.1 Å². The third kappa shape index (κ3) is 4.71. The maximum Gasteiger partial charge on any atom is 0.255 e. The summed E-state index contributed by atoms with van der Waals surface area (Å²) in [4.78, 5) is 39.6. The van der Waals surface area contributed by atoms with Gasteiger partial charge in [0, 0.05) is 23.7 Å². The number of aromatic nitrogens is 1. The fourth-order valence-corrected chi connectivity index (χ4v) is 3.60. The van der Waals surface area contributed by atoms with E-state index in [4.69, 9.17) is 26.8 Å². The largest absolute Gasteiger partial charge is 0.496 e. The zero-order valence-electron chi connectivity index (χ0n) is 18.0. The Balaban J connectivity index is 1.60. The summed E-state index contributed by atoms with van der Waals surface area (Å²) in [6, 6.07) is 9.14. The number of primary amides is 1. The molecule has 0 aliphatic heterocycles. The van der Waals surface area contributed by atoms with Crippen molar-refractivity contribution in [1.29, 1.82) is 0 Å². The van der Waals surface area contributed by atoms with Crippen LogP contribution < -0.4 is 36.7 Å². The van der Waals surface area contributed by atoms with Crippen LogP contribution >= 0.6 is 11.6 Å².